The normalized spacial score (nSPS) is 11.8. The lowest BCUT2D eigenvalue weighted by molar-refractivity contribution is 0.581. The van der Waals surface area contributed by atoms with Crippen molar-refractivity contribution in [1.29, 1.82) is 0 Å². The molecule has 0 unspecified atom stereocenters. The van der Waals surface area contributed by atoms with Crippen molar-refractivity contribution in [2.45, 2.75) is 11.4 Å². The molecule has 0 atom stereocenters. The van der Waals surface area contributed by atoms with Crippen molar-refractivity contribution >= 4 is 38.9 Å². The van der Waals surface area contributed by atoms with E-state index in [1.54, 1.807) is 24.1 Å². The lowest BCUT2D eigenvalue weighted by atomic mass is 10.3. The molecule has 20 heavy (non-hydrogen) atoms. The monoisotopic (exact) mass is 334 g/mol. The Bertz CT molecular complexity index is 743. The molecule has 3 N–H and O–H groups in total. The van der Waals surface area contributed by atoms with Crippen LogP contribution in [0, 0.1) is 0 Å². The minimum absolute atomic E-state index is 0.0394. The molecular formula is C11H12Cl2N4O2S. The molecule has 2 rings (SSSR count). The van der Waals surface area contributed by atoms with E-state index in [4.69, 9.17) is 28.9 Å². The van der Waals surface area contributed by atoms with Gasteiger partial charge in [0, 0.05) is 25.4 Å². The number of nitrogens with one attached hydrogen (secondary N) is 1. The van der Waals surface area contributed by atoms with E-state index in [9.17, 15) is 8.42 Å². The van der Waals surface area contributed by atoms with Crippen LogP contribution in [0.25, 0.3) is 0 Å². The lowest BCUT2D eigenvalue weighted by Crippen LogP contribution is -2.23. The van der Waals surface area contributed by atoms with Gasteiger partial charge in [0.1, 0.15) is 4.90 Å². The lowest BCUT2D eigenvalue weighted by Gasteiger charge is -2.10. The van der Waals surface area contributed by atoms with Gasteiger partial charge in [0.2, 0.25) is 10.0 Å². The average Bonchev–Trinajstić information content (AvgIpc) is 2.79. The van der Waals surface area contributed by atoms with Crippen LogP contribution in [0.3, 0.4) is 0 Å². The van der Waals surface area contributed by atoms with Crippen LogP contribution >= 0.6 is 23.2 Å². The van der Waals surface area contributed by atoms with Crippen molar-refractivity contribution in [3.63, 3.8) is 0 Å². The number of halogens is 2. The molecule has 0 saturated carbocycles. The number of benzene rings is 1. The predicted molar refractivity (Wildman–Crippen MR) is 78.1 cm³/mol. The second kappa shape index (κ2) is 5.61. The van der Waals surface area contributed by atoms with Crippen molar-refractivity contribution in [3.05, 3.63) is 40.1 Å². The molecular weight excluding hydrogens is 323 g/mol. The van der Waals surface area contributed by atoms with Gasteiger partial charge in [-0.05, 0) is 12.1 Å². The average molecular weight is 335 g/mol. The van der Waals surface area contributed by atoms with Gasteiger partial charge < -0.3 is 5.73 Å². The molecule has 0 fully saturated rings. The van der Waals surface area contributed by atoms with E-state index < -0.39 is 10.0 Å². The number of sulfonamides is 1. The predicted octanol–water partition coefficient (Wildman–Crippen LogP) is 1.79. The van der Waals surface area contributed by atoms with E-state index in [2.05, 4.69) is 9.82 Å². The second-order valence-electron chi connectivity index (χ2n) is 4.12. The first-order valence-electron chi connectivity index (χ1n) is 5.52. The number of rotatable bonds is 4. The fraction of sp³-hybridized carbons (Fsp3) is 0.182. The first kappa shape index (κ1) is 15.1. The van der Waals surface area contributed by atoms with E-state index in [0.29, 0.717) is 0 Å². The highest BCUT2D eigenvalue weighted by molar-refractivity contribution is 7.89. The van der Waals surface area contributed by atoms with Crippen LogP contribution in [0.1, 0.15) is 5.56 Å². The third kappa shape index (κ3) is 3.06. The standard InChI is InChI=1S/C11H12Cl2N4O2S/c1-17-6-7(4-15-17)5-16-20(18,19)9-3-2-8(12)11(14)10(9)13/h2-4,6,16H,5,14H2,1H3. The number of hydrogen-bond donors (Lipinski definition) is 2. The first-order chi connectivity index (χ1) is 9.31. The summed E-state index contributed by atoms with van der Waals surface area (Å²) in [6, 6.07) is 2.70. The minimum Gasteiger partial charge on any atom is -0.396 e. The largest absolute Gasteiger partial charge is 0.396 e. The van der Waals surface area contributed by atoms with Crippen molar-refractivity contribution in [3.8, 4) is 0 Å². The second-order valence-corrected chi connectivity index (χ2v) is 6.64. The Morgan fingerprint density at radius 1 is 1.40 bits per heavy atom. The first-order valence-corrected chi connectivity index (χ1v) is 7.76. The Hall–Kier alpha value is -1.28. The summed E-state index contributed by atoms with van der Waals surface area (Å²) in [6.45, 7) is 0.106. The Labute approximate surface area is 126 Å². The van der Waals surface area contributed by atoms with E-state index in [-0.39, 0.29) is 27.2 Å². The van der Waals surface area contributed by atoms with Gasteiger partial charge >= 0.3 is 0 Å². The highest BCUT2D eigenvalue weighted by atomic mass is 35.5. The Balaban J connectivity index is 2.25. The quantitative estimate of drug-likeness (QED) is 0.834. The van der Waals surface area contributed by atoms with Crippen LogP contribution < -0.4 is 10.5 Å². The van der Waals surface area contributed by atoms with Crippen LogP contribution in [0.15, 0.2) is 29.4 Å². The third-order valence-corrected chi connectivity index (χ3v) is 4.90. The van der Waals surface area contributed by atoms with Crippen LogP contribution in [0.5, 0.6) is 0 Å². The number of nitrogens with zero attached hydrogens (tertiary/aromatic N) is 2. The van der Waals surface area contributed by atoms with Crippen LogP contribution in [0.2, 0.25) is 10.0 Å². The van der Waals surface area contributed by atoms with Gasteiger partial charge in [0.05, 0.1) is 21.9 Å². The highest BCUT2D eigenvalue weighted by Gasteiger charge is 2.20. The van der Waals surface area contributed by atoms with Gasteiger partial charge in [-0.1, -0.05) is 23.2 Å². The summed E-state index contributed by atoms with van der Waals surface area (Å²) in [5, 5.41) is 4.07. The molecule has 1 aromatic heterocycles. The van der Waals surface area contributed by atoms with Gasteiger partial charge in [-0.15, -0.1) is 0 Å². The fourth-order valence-electron chi connectivity index (χ4n) is 1.58. The van der Waals surface area contributed by atoms with Crippen LogP contribution in [-0.2, 0) is 23.6 Å². The maximum absolute atomic E-state index is 12.2. The van der Waals surface area contributed by atoms with E-state index in [1.165, 1.54) is 12.1 Å². The Morgan fingerprint density at radius 3 is 2.70 bits per heavy atom. The topological polar surface area (TPSA) is 90.0 Å². The summed E-state index contributed by atoms with van der Waals surface area (Å²) in [5.74, 6) is 0. The maximum Gasteiger partial charge on any atom is 0.242 e. The van der Waals surface area contributed by atoms with Gasteiger partial charge in [-0.25, -0.2) is 13.1 Å². The molecule has 108 valence electrons. The third-order valence-electron chi connectivity index (χ3n) is 2.61. The number of aryl methyl sites for hydroxylation is 1. The number of hydrogen-bond acceptors (Lipinski definition) is 4. The smallest absolute Gasteiger partial charge is 0.242 e. The summed E-state index contributed by atoms with van der Waals surface area (Å²) in [4.78, 5) is -0.107. The molecule has 2 aromatic rings. The summed E-state index contributed by atoms with van der Waals surface area (Å²) in [7, 11) is -2.03. The van der Waals surface area contributed by atoms with Crippen molar-refractivity contribution in [2.24, 2.45) is 7.05 Å². The number of nitrogen functional groups attached to an aromatic ring is 1. The molecule has 0 saturated heterocycles. The molecule has 0 aliphatic heterocycles. The Morgan fingerprint density at radius 2 is 2.10 bits per heavy atom. The number of aromatic nitrogens is 2. The van der Waals surface area contributed by atoms with Crippen molar-refractivity contribution in [2.75, 3.05) is 5.73 Å². The highest BCUT2D eigenvalue weighted by Crippen LogP contribution is 2.32. The summed E-state index contributed by atoms with van der Waals surface area (Å²) < 4.78 is 28.4. The zero-order chi connectivity index (χ0) is 14.9. The molecule has 0 amide bonds. The number of anilines is 1. The van der Waals surface area contributed by atoms with Gasteiger partial charge in [0.15, 0.2) is 0 Å². The summed E-state index contributed by atoms with van der Waals surface area (Å²) in [5.41, 5.74) is 6.39. The fourth-order valence-corrected chi connectivity index (χ4v) is 3.36. The minimum atomic E-state index is -3.78. The summed E-state index contributed by atoms with van der Waals surface area (Å²) >= 11 is 11.7. The van der Waals surface area contributed by atoms with Crippen molar-refractivity contribution in [1.82, 2.24) is 14.5 Å². The SMILES string of the molecule is Cn1cc(CNS(=O)(=O)c2ccc(Cl)c(N)c2Cl)cn1. The van der Waals surface area contributed by atoms with Crippen LogP contribution in [-0.4, -0.2) is 18.2 Å². The molecule has 1 aromatic carbocycles. The molecule has 0 bridgehead atoms. The molecule has 0 spiro atoms. The maximum atomic E-state index is 12.2. The van der Waals surface area contributed by atoms with E-state index in [0.717, 1.165) is 5.56 Å². The molecule has 0 radical (unpaired) electrons. The zero-order valence-electron chi connectivity index (χ0n) is 10.5. The number of nitrogens with two attached hydrogens (primary N) is 1. The summed E-state index contributed by atoms with van der Waals surface area (Å²) in [6.07, 6.45) is 3.28. The molecule has 0 aliphatic rings. The van der Waals surface area contributed by atoms with Gasteiger partial charge in [-0.2, -0.15) is 5.10 Å². The molecule has 0 aliphatic carbocycles. The molecule has 9 heteroatoms. The van der Waals surface area contributed by atoms with Crippen molar-refractivity contribution < 1.29 is 8.42 Å². The van der Waals surface area contributed by atoms with E-state index in [1.807, 2.05) is 0 Å². The van der Waals surface area contributed by atoms with Crippen LogP contribution in [0.4, 0.5) is 5.69 Å². The molecule has 1 heterocycles. The van der Waals surface area contributed by atoms with E-state index >= 15 is 0 Å². The zero-order valence-corrected chi connectivity index (χ0v) is 12.8. The Kier molecular flexibility index (Phi) is 4.24. The van der Waals surface area contributed by atoms with Gasteiger partial charge in [0.25, 0.3) is 0 Å². The van der Waals surface area contributed by atoms with Gasteiger partial charge in [-0.3, -0.25) is 4.68 Å². The molecule has 6 nitrogen and oxygen atoms in total.